The Labute approximate surface area is 128 Å². The molecule has 1 aromatic heterocycles. The van der Waals surface area contributed by atoms with E-state index in [0.29, 0.717) is 0 Å². The van der Waals surface area contributed by atoms with Gasteiger partial charge in [-0.3, -0.25) is 4.79 Å². The lowest BCUT2D eigenvalue weighted by molar-refractivity contribution is 0.0681. The fourth-order valence-electron chi connectivity index (χ4n) is 1.72. The molecule has 1 heterocycles. The van der Waals surface area contributed by atoms with Gasteiger partial charge in [0, 0.05) is 0 Å². The number of nitrogens with zero attached hydrogens (tertiary/aromatic N) is 1. The number of aromatic carboxylic acids is 2. The Bertz CT molecular complexity index is 800. The molecule has 0 aliphatic carbocycles. The van der Waals surface area contributed by atoms with Gasteiger partial charge in [-0.25, -0.2) is 14.6 Å². The largest absolute Gasteiger partial charge is 0.507 e. The minimum Gasteiger partial charge on any atom is -0.507 e. The number of hydrogen-bond donors (Lipinski definition) is 5. The molecule has 0 aliphatic rings. The molecule has 1 aromatic carbocycles. The van der Waals surface area contributed by atoms with Gasteiger partial charge in [0.1, 0.15) is 22.8 Å². The number of phenols is 2. The molecule has 0 bridgehead atoms. The number of nitrogens with one attached hydrogen (secondary N) is 1. The molecule has 1 amide bonds. The molecule has 0 saturated heterocycles. The van der Waals surface area contributed by atoms with Gasteiger partial charge >= 0.3 is 11.9 Å². The average molecular weight is 318 g/mol. The number of aromatic hydroxyl groups is 2. The molecule has 0 aliphatic heterocycles. The topological polar surface area (TPSA) is 157 Å². The van der Waals surface area contributed by atoms with Crippen molar-refractivity contribution in [2.45, 2.75) is 0 Å². The molecule has 0 spiro atoms. The van der Waals surface area contributed by atoms with Crippen LogP contribution in [0.2, 0.25) is 0 Å². The van der Waals surface area contributed by atoms with Crippen LogP contribution in [0.25, 0.3) is 0 Å². The standard InChI is InChI=1S/C14H10N2O7/c17-10-4-8(13(20)21)11(18)3-7(10)12(19)16-6-1-2-9(14(22)23)15-5-6/h1-5,17-18H,(H,16,19)(H,20,21)(H,22,23). The van der Waals surface area contributed by atoms with Crippen LogP contribution in [-0.2, 0) is 0 Å². The van der Waals surface area contributed by atoms with Crippen molar-refractivity contribution in [2.24, 2.45) is 0 Å². The van der Waals surface area contributed by atoms with Gasteiger partial charge < -0.3 is 25.7 Å². The highest BCUT2D eigenvalue weighted by atomic mass is 16.4. The number of phenolic OH excluding ortho intramolecular Hbond substituents is 1. The normalized spacial score (nSPS) is 10.1. The first-order valence-corrected chi connectivity index (χ1v) is 6.09. The summed E-state index contributed by atoms with van der Waals surface area (Å²) in [5.74, 6) is -4.83. The monoisotopic (exact) mass is 318 g/mol. The van der Waals surface area contributed by atoms with Gasteiger partial charge in [0.15, 0.2) is 0 Å². The summed E-state index contributed by atoms with van der Waals surface area (Å²) < 4.78 is 0. The van der Waals surface area contributed by atoms with E-state index in [9.17, 15) is 24.6 Å². The Balaban J connectivity index is 2.25. The third-order valence-corrected chi connectivity index (χ3v) is 2.83. The van der Waals surface area contributed by atoms with Gasteiger partial charge in [-0.15, -0.1) is 0 Å². The molecular weight excluding hydrogens is 308 g/mol. The van der Waals surface area contributed by atoms with E-state index in [-0.39, 0.29) is 16.9 Å². The van der Waals surface area contributed by atoms with Gasteiger partial charge in [-0.05, 0) is 24.3 Å². The summed E-state index contributed by atoms with van der Waals surface area (Å²) in [5, 5.41) is 39.1. The van der Waals surface area contributed by atoms with Crippen LogP contribution in [0, 0.1) is 0 Å². The van der Waals surface area contributed by atoms with Crippen LogP contribution < -0.4 is 5.32 Å². The highest BCUT2D eigenvalue weighted by Crippen LogP contribution is 2.28. The third-order valence-electron chi connectivity index (χ3n) is 2.83. The molecule has 118 valence electrons. The maximum absolute atomic E-state index is 12.0. The number of carboxylic acid groups (broad SMARTS) is 2. The summed E-state index contributed by atoms with van der Waals surface area (Å²) in [7, 11) is 0. The number of amides is 1. The van der Waals surface area contributed by atoms with Crippen LogP contribution in [0.1, 0.15) is 31.2 Å². The Hall–Kier alpha value is -3.62. The van der Waals surface area contributed by atoms with Crippen molar-refractivity contribution < 1.29 is 34.8 Å². The van der Waals surface area contributed by atoms with Crippen LogP contribution in [0.5, 0.6) is 11.5 Å². The fraction of sp³-hybridized carbons (Fsp3) is 0. The van der Waals surface area contributed by atoms with E-state index >= 15 is 0 Å². The fourth-order valence-corrected chi connectivity index (χ4v) is 1.72. The summed E-state index contributed by atoms with van der Waals surface area (Å²) in [5.41, 5.74) is -0.961. The quantitative estimate of drug-likeness (QED) is 0.525. The number of carboxylic acids is 2. The third kappa shape index (κ3) is 3.35. The van der Waals surface area contributed by atoms with Crippen LogP contribution in [-0.4, -0.2) is 43.3 Å². The Morgan fingerprint density at radius 3 is 2.04 bits per heavy atom. The van der Waals surface area contributed by atoms with E-state index in [1.807, 2.05) is 0 Å². The van der Waals surface area contributed by atoms with Gasteiger partial charge in [0.25, 0.3) is 5.91 Å². The molecule has 0 unspecified atom stereocenters. The SMILES string of the molecule is O=C(O)c1ccc(NC(=O)c2cc(O)c(C(=O)O)cc2O)cn1. The van der Waals surface area contributed by atoms with Crippen molar-refractivity contribution in [3.8, 4) is 11.5 Å². The zero-order chi connectivity index (χ0) is 17.1. The molecule has 0 radical (unpaired) electrons. The summed E-state index contributed by atoms with van der Waals surface area (Å²) in [4.78, 5) is 37.1. The number of carbonyl (C=O) groups is 3. The number of aromatic nitrogens is 1. The highest BCUT2D eigenvalue weighted by Gasteiger charge is 2.19. The predicted molar refractivity (Wildman–Crippen MR) is 75.9 cm³/mol. The predicted octanol–water partition coefficient (Wildman–Crippen LogP) is 1.14. The van der Waals surface area contributed by atoms with E-state index in [1.54, 1.807) is 0 Å². The summed E-state index contributed by atoms with van der Waals surface area (Å²) in [6.45, 7) is 0. The van der Waals surface area contributed by atoms with E-state index in [4.69, 9.17) is 10.2 Å². The molecule has 2 rings (SSSR count). The first kappa shape index (κ1) is 15.8. The molecule has 0 saturated carbocycles. The Morgan fingerprint density at radius 2 is 1.52 bits per heavy atom. The molecule has 9 nitrogen and oxygen atoms in total. The number of rotatable bonds is 4. The van der Waals surface area contributed by atoms with E-state index in [2.05, 4.69) is 10.3 Å². The summed E-state index contributed by atoms with van der Waals surface area (Å²) in [6.07, 6.45) is 1.10. The van der Waals surface area contributed by atoms with Crippen molar-refractivity contribution in [1.29, 1.82) is 0 Å². The second kappa shape index (κ2) is 6.02. The molecule has 23 heavy (non-hydrogen) atoms. The van der Waals surface area contributed by atoms with Crippen LogP contribution in [0.15, 0.2) is 30.5 Å². The van der Waals surface area contributed by atoms with Crippen molar-refractivity contribution >= 4 is 23.5 Å². The molecule has 9 heteroatoms. The van der Waals surface area contributed by atoms with Gasteiger partial charge in [0.2, 0.25) is 0 Å². The summed E-state index contributed by atoms with van der Waals surface area (Å²) >= 11 is 0. The van der Waals surface area contributed by atoms with E-state index in [1.165, 1.54) is 12.1 Å². The number of benzene rings is 1. The lowest BCUT2D eigenvalue weighted by atomic mass is 10.1. The molecule has 0 fully saturated rings. The van der Waals surface area contributed by atoms with Crippen LogP contribution in [0.4, 0.5) is 5.69 Å². The molecule has 0 atom stereocenters. The van der Waals surface area contributed by atoms with Crippen molar-refractivity contribution in [2.75, 3.05) is 5.32 Å². The van der Waals surface area contributed by atoms with Crippen molar-refractivity contribution in [3.05, 3.63) is 47.3 Å². The second-order valence-corrected chi connectivity index (χ2v) is 4.38. The highest BCUT2D eigenvalue weighted by molar-refractivity contribution is 6.07. The second-order valence-electron chi connectivity index (χ2n) is 4.38. The smallest absolute Gasteiger partial charge is 0.354 e. The lowest BCUT2D eigenvalue weighted by Gasteiger charge is -2.09. The first-order valence-electron chi connectivity index (χ1n) is 6.09. The minimum absolute atomic E-state index is 0.154. The summed E-state index contributed by atoms with van der Waals surface area (Å²) in [6, 6.07) is 4.02. The molecule has 2 aromatic rings. The van der Waals surface area contributed by atoms with Gasteiger partial charge in [-0.1, -0.05) is 0 Å². The van der Waals surface area contributed by atoms with Crippen molar-refractivity contribution in [1.82, 2.24) is 4.98 Å². The van der Waals surface area contributed by atoms with E-state index < -0.39 is 34.9 Å². The Kier molecular flexibility index (Phi) is 4.12. The van der Waals surface area contributed by atoms with Crippen LogP contribution >= 0.6 is 0 Å². The minimum atomic E-state index is -1.46. The molecule has 5 N–H and O–H groups in total. The van der Waals surface area contributed by atoms with E-state index in [0.717, 1.165) is 18.3 Å². The van der Waals surface area contributed by atoms with Gasteiger partial charge in [-0.2, -0.15) is 0 Å². The zero-order valence-corrected chi connectivity index (χ0v) is 11.3. The number of anilines is 1. The molecular formula is C14H10N2O7. The maximum atomic E-state index is 12.0. The van der Waals surface area contributed by atoms with Crippen molar-refractivity contribution in [3.63, 3.8) is 0 Å². The zero-order valence-electron chi connectivity index (χ0n) is 11.3. The van der Waals surface area contributed by atoms with Gasteiger partial charge in [0.05, 0.1) is 17.4 Å². The average Bonchev–Trinajstić information content (AvgIpc) is 2.49. The number of hydrogen-bond acceptors (Lipinski definition) is 6. The number of pyridine rings is 1. The lowest BCUT2D eigenvalue weighted by Crippen LogP contribution is -2.13. The Morgan fingerprint density at radius 1 is 0.913 bits per heavy atom. The van der Waals surface area contributed by atoms with Crippen LogP contribution in [0.3, 0.4) is 0 Å². The number of carbonyl (C=O) groups excluding carboxylic acids is 1. The maximum Gasteiger partial charge on any atom is 0.354 e. The first-order chi connectivity index (χ1) is 10.8.